The van der Waals surface area contributed by atoms with Crippen molar-refractivity contribution in [2.45, 2.75) is 91.0 Å². The Morgan fingerprint density at radius 3 is 0.913 bits per heavy atom. The predicted molar refractivity (Wildman–Crippen MR) is 125 cm³/mol. The van der Waals surface area contributed by atoms with Crippen molar-refractivity contribution in [3.8, 4) is 0 Å². The van der Waals surface area contributed by atoms with E-state index in [9.17, 15) is 0 Å². The first-order valence-electron chi connectivity index (χ1n) is 7.94. The third kappa shape index (κ3) is 161. The fourth-order valence-corrected chi connectivity index (χ4v) is 0.482. The van der Waals surface area contributed by atoms with E-state index < -0.39 is 0 Å². The molecule has 0 nitrogen and oxygen atoms in total. The van der Waals surface area contributed by atoms with Crippen LogP contribution >= 0.6 is 0 Å². The standard InChI is InChI=1S/C8H12.C4H6.4C2H6.3CH4/c1-4-7-8(5-2)6-3;1-3-4-2;4*1-2;;;/h4-5,7H,1-2,6H2,3H3;3-4H,1-2H2;4*1-2H3;3*1H4/b8-7+;;;;;;;;. The van der Waals surface area contributed by atoms with Crippen LogP contribution in [0.15, 0.2) is 62.3 Å². The molecule has 0 aliphatic heterocycles. The van der Waals surface area contributed by atoms with Gasteiger partial charge in [-0.05, 0) is 12.0 Å². The van der Waals surface area contributed by atoms with Crippen molar-refractivity contribution in [2.24, 2.45) is 0 Å². The lowest BCUT2D eigenvalue weighted by molar-refractivity contribution is 1.15. The molecule has 0 fully saturated rings. The number of allylic oxidation sites excluding steroid dienone is 6. The highest BCUT2D eigenvalue weighted by Gasteiger charge is 1.79. The summed E-state index contributed by atoms with van der Waals surface area (Å²) in [7, 11) is 0. The predicted octanol–water partition coefficient (Wildman–Crippen LogP) is 10.1. The van der Waals surface area contributed by atoms with Gasteiger partial charge in [0.05, 0.1) is 0 Å². The summed E-state index contributed by atoms with van der Waals surface area (Å²) in [6.07, 6.45) is 9.91. The van der Waals surface area contributed by atoms with E-state index >= 15 is 0 Å². The van der Waals surface area contributed by atoms with Crippen LogP contribution in [0.5, 0.6) is 0 Å². The summed E-state index contributed by atoms with van der Waals surface area (Å²) in [4.78, 5) is 0. The van der Waals surface area contributed by atoms with Crippen LogP contribution in [0.1, 0.15) is 91.0 Å². The minimum absolute atomic E-state index is 0. The molecule has 0 unspecified atom stereocenters. The van der Waals surface area contributed by atoms with Gasteiger partial charge in [-0.2, -0.15) is 0 Å². The zero-order valence-corrected chi connectivity index (χ0v) is 15.9. The van der Waals surface area contributed by atoms with E-state index in [1.54, 1.807) is 18.2 Å². The minimum atomic E-state index is 0. The molecule has 0 spiro atoms. The second-order valence-electron chi connectivity index (χ2n) is 2.01. The molecule has 0 bridgehead atoms. The highest BCUT2D eigenvalue weighted by Crippen LogP contribution is 1.99. The Kier molecular flexibility index (Phi) is 340. The summed E-state index contributed by atoms with van der Waals surface area (Å²) in [6, 6.07) is 0. The molecule has 0 saturated heterocycles. The van der Waals surface area contributed by atoms with Crippen LogP contribution in [0.25, 0.3) is 0 Å². The van der Waals surface area contributed by atoms with Crippen LogP contribution in [0.3, 0.4) is 0 Å². The number of rotatable bonds is 4. The molecular formula is C23H54. The maximum atomic E-state index is 3.63. The van der Waals surface area contributed by atoms with Gasteiger partial charge >= 0.3 is 0 Å². The normalized spacial score (nSPS) is 5.70. The van der Waals surface area contributed by atoms with E-state index in [0.717, 1.165) is 6.42 Å². The monoisotopic (exact) mass is 330 g/mol. The average molecular weight is 331 g/mol. The van der Waals surface area contributed by atoms with Gasteiger partial charge in [0, 0.05) is 0 Å². The van der Waals surface area contributed by atoms with Crippen LogP contribution in [-0.4, -0.2) is 0 Å². The maximum absolute atomic E-state index is 3.63. The van der Waals surface area contributed by atoms with Gasteiger partial charge in [-0.3, -0.25) is 0 Å². The molecule has 0 heteroatoms. The van der Waals surface area contributed by atoms with Crippen molar-refractivity contribution in [3.63, 3.8) is 0 Å². The van der Waals surface area contributed by atoms with E-state index in [1.165, 1.54) is 5.57 Å². The first kappa shape index (κ1) is 57.6. The van der Waals surface area contributed by atoms with Gasteiger partial charge in [-0.1, -0.05) is 141 Å². The Morgan fingerprint density at radius 2 is 0.870 bits per heavy atom. The molecule has 0 saturated carbocycles. The molecule has 0 atom stereocenters. The van der Waals surface area contributed by atoms with Gasteiger partial charge in [0.2, 0.25) is 0 Å². The van der Waals surface area contributed by atoms with E-state index in [-0.39, 0.29) is 22.3 Å². The molecule has 0 radical (unpaired) electrons. The van der Waals surface area contributed by atoms with Crippen molar-refractivity contribution in [1.29, 1.82) is 0 Å². The SMILES string of the molecule is C.C.C.C=C/C=C(\C=C)CC.C=CC=C.CC.CC.CC.CC. The lowest BCUT2D eigenvalue weighted by Gasteiger charge is -1.89. The smallest absolute Gasteiger partial charge is 0.0308 e. The van der Waals surface area contributed by atoms with E-state index in [0.29, 0.717) is 0 Å². The summed E-state index contributed by atoms with van der Waals surface area (Å²) in [5.74, 6) is 0. The molecule has 0 rings (SSSR count). The molecule has 0 aliphatic rings. The van der Waals surface area contributed by atoms with Crippen molar-refractivity contribution in [1.82, 2.24) is 0 Å². The van der Waals surface area contributed by atoms with E-state index in [1.807, 2.05) is 67.5 Å². The summed E-state index contributed by atoms with van der Waals surface area (Å²) < 4.78 is 0. The molecule has 0 aromatic heterocycles. The Labute approximate surface area is 153 Å². The summed E-state index contributed by atoms with van der Waals surface area (Å²) >= 11 is 0. The second-order valence-corrected chi connectivity index (χ2v) is 2.01. The number of hydrogen-bond acceptors (Lipinski definition) is 0. The second kappa shape index (κ2) is 135. The van der Waals surface area contributed by atoms with Crippen molar-refractivity contribution >= 4 is 0 Å². The molecule has 0 amide bonds. The maximum Gasteiger partial charge on any atom is -0.0308 e. The molecule has 0 heterocycles. The molecule has 0 aromatic carbocycles. The topological polar surface area (TPSA) is 0 Å². The Bertz CT molecular complexity index is 164. The first-order valence-corrected chi connectivity index (χ1v) is 7.94. The molecule has 23 heavy (non-hydrogen) atoms. The Hall–Kier alpha value is -1.30. The van der Waals surface area contributed by atoms with Crippen LogP contribution in [0, 0.1) is 0 Å². The number of hydrogen-bond donors (Lipinski definition) is 0. The van der Waals surface area contributed by atoms with Crippen LogP contribution in [-0.2, 0) is 0 Å². The van der Waals surface area contributed by atoms with Crippen molar-refractivity contribution < 1.29 is 0 Å². The van der Waals surface area contributed by atoms with Crippen LogP contribution in [0.2, 0.25) is 0 Å². The molecule has 0 aromatic rings. The Balaban J connectivity index is -0.0000000163. The van der Waals surface area contributed by atoms with Crippen LogP contribution in [0.4, 0.5) is 0 Å². The summed E-state index contributed by atoms with van der Waals surface area (Å²) in [5.41, 5.74) is 1.24. The van der Waals surface area contributed by atoms with Gasteiger partial charge in [-0.15, -0.1) is 0 Å². The van der Waals surface area contributed by atoms with Gasteiger partial charge in [0.25, 0.3) is 0 Å². The fraction of sp³-hybridized carbons (Fsp3) is 0.565. The quantitative estimate of drug-likeness (QED) is 0.450. The van der Waals surface area contributed by atoms with Crippen LogP contribution < -0.4 is 0 Å². The van der Waals surface area contributed by atoms with Crippen molar-refractivity contribution in [2.75, 3.05) is 0 Å². The summed E-state index contributed by atoms with van der Waals surface area (Å²) in [5, 5.41) is 0. The fourth-order valence-electron chi connectivity index (χ4n) is 0.482. The largest absolute Gasteiger partial charge is 0.0991 e. The third-order valence-corrected chi connectivity index (χ3v) is 1.17. The van der Waals surface area contributed by atoms with E-state index in [4.69, 9.17) is 0 Å². The lowest BCUT2D eigenvalue weighted by atomic mass is 10.2. The zero-order chi connectivity index (χ0) is 17.8. The molecule has 0 aliphatic carbocycles. The Morgan fingerprint density at radius 1 is 0.609 bits per heavy atom. The third-order valence-electron chi connectivity index (χ3n) is 1.17. The first-order chi connectivity index (χ1) is 9.76. The highest BCUT2D eigenvalue weighted by atomic mass is 13.8. The minimum Gasteiger partial charge on any atom is -0.0991 e. The van der Waals surface area contributed by atoms with E-state index in [2.05, 4.69) is 33.2 Å². The van der Waals surface area contributed by atoms with Crippen molar-refractivity contribution in [3.05, 3.63) is 62.3 Å². The molecule has 0 N–H and O–H groups in total. The summed E-state index contributed by atoms with van der Waals surface area (Å²) in [6.45, 7) is 32.0. The molecular weight excluding hydrogens is 276 g/mol. The van der Waals surface area contributed by atoms with Gasteiger partial charge in [0.15, 0.2) is 0 Å². The average Bonchev–Trinajstić information content (AvgIpc) is 2.60. The van der Waals surface area contributed by atoms with Gasteiger partial charge in [0.1, 0.15) is 0 Å². The molecule has 146 valence electrons. The zero-order valence-electron chi connectivity index (χ0n) is 15.9. The lowest BCUT2D eigenvalue weighted by Crippen LogP contribution is -1.68. The van der Waals surface area contributed by atoms with Gasteiger partial charge < -0.3 is 0 Å². The van der Waals surface area contributed by atoms with Gasteiger partial charge in [-0.25, -0.2) is 0 Å². The highest BCUT2D eigenvalue weighted by molar-refractivity contribution is 5.20.